The van der Waals surface area contributed by atoms with E-state index in [9.17, 15) is 19.0 Å². The van der Waals surface area contributed by atoms with Gasteiger partial charge in [-0.15, -0.1) is 0 Å². The molecule has 0 spiro atoms. The average molecular weight is 758 g/mol. The van der Waals surface area contributed by atoms with Crippen LogP contribution >= 0.6 is 7.82 Å². The standard InChI is InChI=1S/C42H80NO8P/c1-6-8-10-12-14-16-18-20-21-23-24-26-28-30-32-34-41(44)48-38-40(39-50-52(46,47)49-37-36-43(3,4)5)51-42(45)35-33-31-29-27-25-22-19-17-15-13-11-9-7-2/h22-25,40H,6-21,26-39H2,1-5H3/b24-23+,25-22+/t40-/m1/s1. The highest BCUT2D eigenvalue weighted by Crippen LogP contribution is 2.38. The average Bonchev–Trinajstić information content (AvgIpc) is 3.09. The smallest absolute Gasteiger partial charge is 0.306 e. The van der Waals surface area contributed by atoms with Gasteiger partial charge in [-0.3, -0.25) is 14.2 Å². The summed E-state index contributed by atoms with van der Waals surface area (Å²) in [5.74, 6) is -0.870. The van der Waals surface area contributed by atoms with Crippen LogP contribution in [0, 0.1) is 0 Å². The molecule has 10 heteroatoms. The fraction of sp³-hybridized carbons (Fsp3) is 0.857. The van der Waals surface area contributed by atoms with Crippen molar-refractivity contribution in [1.29, 1.82) is 0 Å². The van der Waals surface area contributed by atoms with Crippen molar-refractivity contribution in [1.82, 2.24) is 0 Å². The minimum atomic E-state index is -4.62. The minimum Gasteiger partial charge on any atom is -0.756 e. The third kappa shape index (κ3) is 38.2. The van der Waals surface area contributed by atoms with E-state index in [2.05, 4.69) is 38.2 Å². The third-order valence-electron chi connectivity index (χ3n) is 8.94. The van der Waals surface area contributed by atoms with Gasteiger partial charge in [-0.1, -0.05) is 128 Å². The predicted octanol–water partition coefficient (Wildman–Crippen LogP) is 10.9. The second kappa shape index (κ2) is 35.2. The lowest BCUT2D eigenvalue weighted by molar-refractivity contribution is -0.870. The van der Waals surface area contributed by atoms with Crippen LogP contribution in [0.15, 0.2) is 24.3 Å². The molecule has 306 valence electrons. The van der Waals surface area contributed by atoms with Crippen molar-refractivity contribution in [3.63, 3.8) is 0 Å². The van der Waals surface area contributed by atoms with E-state index in [1.165, 1.54) is 89.9 Å². The van der Waals surface area contributed by atoms with E-state index in [4.69, 9.17) is 18.5 Å². The lowest BCUT2D eigenvalue weighted by Gasteiger charge is -2.28. The second-order valence-corrected chi connectivity index (χ2v) is 16.8. The van der Waals surface area contributed by atoms with Gasteiger partial charge in [0.1, 0.15) is 19.8 Å². The maximum Gasteiger partial charge on any atom is 0.306 e. The molecule has 0 rings (SSSR count). The van der Waals surface area contributed by atoms with Gasteiger partial charge in [0, 0.05) is 12.8 Å². The highest BCUT2D eigenvalue weighted by Gasteiger charge is 2.21. The van der Waals surface area contributed by atoms with Crippen molar-refractivity contribution < 1.29 is 42.1 Å². The Balaban J connectivity index is 4.42. The Kier molecular flexibility index (Phi) is 34.2. The molecule has 52 heavy (non-hydrogen) atoms. The first-order valence-electron chi connectivity index (χ1n) is 21.0. The Hall–Kier alpha value is -1.51. The van der Waals surface area contributed by atoms with Crippen LogP contribution in [-0.4, -0.2) is 70.0 Å². The molecule has 0 fully saturated rings. The lowest BCUT2D eigenvalue weighted by Crippen LogP contribution is -2.37. The molecule has 9 nitrogen and oxygen atoms in total. The van der Waals surface area contributed by atoms with E-state index in [0.29, 0.717) is 23.9 Å². The van der Waals surface area contributed by atoms with Gasteiger partial charge < -0.3 is 27.9 Å². The molecule has 0 aliphatic rings. The summed E-state index contributed by atoms with van der Waals surface area (Å²) in [5.41, 5.74) is 0. The number of allylic oxidation sites excluding steroid dienone is 4. The first-order chi connectivity index (χ1) is 25.0. The molecule has 0 aromatic heterocycles. The zero-order chi connectivity index (χ0) is 38.6. The van der Waals surface area contributed by atoms with Crippen molar-refractivity contribution in [2.45, 2.75) is 187 Å². The topological polar surface area (TPSA) is 111 Å². The number of quaternary nitrogens is 1. The lowest BCUT2D eigenvalue weighted by atomic mass is 10.1. The van der Waals surface area contributed by atoms with Gasteiger partial charge in [-0.25, -0.2) is 0 Å². The summed E-state index contributed by atoms with van der Waals surface area (Å²) in [5, 5.41) is 0. The minimum absolute atomic E-state index is 0.0347. The fourth-order valence-electron chi connectivity index (χ4n) is 5.58. The second-order valence-electron chi connectivity index (χ2n) is 15.3. The molecule has 0 saturated carbocycles. The van der Waals surface area contributed by atoms with E-state index < -0.39 is 32.5 Å². The van der Waals surface area contributed by atoms with Crippen LogP contribution in [0.5, 0.6) is 0 Å². The summed E-state index contributed by atoms with van der Waals surface area (Å²) < 4.78 is 33.8. The van der Waals surface area contributed by atoms with Gasteiger partial charge >= 0.3 is 11.9 Å². The number of likely N-dealkylation sites (N-methyl/N-ethyl adjacent to an activating group) is 1. The Morgan fingerprint density at radius 3 is 1.42 bits per heavy atom. The molecular formula is C42H80NO8P. The van der Waals surface area contributed by atoms with Crippen molar-refractivity contribution in [2.24, 2.45) is 0 Å². The van der Waals surface area contributed by atoms with E-state index in [0.717, 1.165) is 51.4 Å². The molecule has 0 bridgehead atoms. The summed E-state index contributed by atoms with van der Waals surface area (Å²) in [6, 6.07) is 0. The van der Waals surface area contributed by atoms with Crippen molar-refractivity contribution in [2.75, 3.05) is 47.5 Å². The van der Waals surface area contributed by atoms with E-state index in [1.807, 2.05) is 21.1 Å². The Morgan fingerprint density at radius 2 is 0.981 bits per heavy atom. The van der Waals surface area contributed by atoms with Gasteiger partial charge in [0.15, 0.2) is 6.10 Å². The number of phosphoric acid groups is 1. The van der Waals surface area contributed by atoms with Gasteiger partial charge in [0.05, 0.1) is 27.7 Å². The molecule has 1 unspecified atom stereocenters. The quantitative estimate of drug-likeness (QED) is 0.0201. The van der Waals surface area contributed by atoms with Crippen LogP contribution in [0.4, 0.5) is 0 Å². The largest absolute Gasteiger partial charge is 0.756 e. The number of hydrogen-bond donors (Lipinski definition) is 0. The van der Waals surface area contributed by atoms with Gasteiger partial charge in [0.2, 0.25) is 0 Å². The van der Waals surface area contributed by atoms with Crippen LogP contribution in [0.1, 0.15) is 181 Å². The van der Waals surface area contributed by atoms with Gasteiger partial charge in [-0.05, 0) is 64.2 Å². The summed E-state index contributed by atoms with van der Waals surface area (Å²) in [4.78, 5) is 37.4. The first kappa shape index (κ1) is 50.5. The first-order valence-corrected chi connectivity index (χ1v) is 22.5. The van der Waals surface area contributed by atoms with Crippen LogP contribution in [-0.2, 0) is 32.7 Å². The molecule has 0 saturated heterocycles. The van der Waals surface area contributed by atoms with E-state index in [-0.39, 0.29) is 26.1 Å². The summed E-state index contributed by atoms with van der Waals surface area (Å²) in [6.45, 7) is 4.18. The highest BCUT2D eigenvalue weighted by molar-refractivity contribution is 7.45. The van der Waals surface area contributed by atoms with Crippen molar-refractivity contribution in [3.05, 3.63) is 24.3 Å². The van der Waals surface area contributed by atoms with E-state index >= 15 is 0 Å². The van der Waals surface area contributed by atoms with Crippen LogP contribution in [0.2, 0.25) is 0 Å². The number of phosphoric ester groups is 1. The normalized spacial score (nSPS) is 13.9. The molecule has 0 aromatic rings. The highest BCUT2D eigenvalue weighted by atomic mass is 31.2. The maximum absolute atomic E-state index is 12.6. The molecular weight excluding hydrogens is 677 g/mol. The number of hydrogen-bond acceptors (Lipinski definition) is 8. The third-order valence-corrected chi connectivity index (χ3v) is 9.91. The summed E-state index contributed by atoms with van der Waals surface area (Å²) in [6.07, 6.45) is 36.3. The number of esters is 2. The number of rotatable bonds is 38. The Bertz CT molecular complexity index is 949. The molecule has 0 radical (unpaired) electrons. The van der Waals surface area contributed by atoms with Crippen LogP contribution in [0.3, 0.4) is 0 Å². The molecule has 0 amide bonds. The fourth-order valence-corrected chi connectivity index (χ4v) is 6.31. The molecule has 0 heterocycles. The molecule has 0 N–H and O–H groups in total. The number of unbranched alkanes of at least 4 members (excludes halogenated alkanes) is 20. The van der Waals surface area contributed by atoms with Crippen molar-refractivity contribution >= 4 is 19.8 Å². The molecule has 0 aliphatic carbocycles. The zero-order valence-electron chi connectivity index (χ0n) is 34.3. The summed E-state index contributed by atoms with van der Waals surface area (Å²) >= 11 is 0. The Morgan fingerprint density at radius 1 is 0.577 bits per heavy atom. The molecule has 0 aromatic carbocycles. The number of carbonyl (C=O) groups is 2. The van der Waals surface area contributed by atoms with Gasteiger partial charge in [-0.2, -0.15) is 0 Å². The summed E-state index contributed by atoms with van der Waals surface area (Å²) in [7, 11) is 1.15. The van der Waals surface area contributed by atoms with Crippen LogP contribution < -0.4 is 4.89 Å². The molecule has 0 aliphatic heterocycles. The Labute approximate surface area is 319 Å². The number of ether oxygens (including phenoxy) is 2. The maximum atomic E-state index is 12.6. The molecule has 2 atom stereocenters. The van der Waals surface area contributed by atoms with E-state index in [1.54, 1.807) is 0 Å². The number of carbonyl (C=O) groups excluding carboxylic acids is 2. The van der Waals surface area contributed by atoms with Crippen LogP contribution in [0.25, 0.3) is 0 Å². The monoisotopic (exact) mass is 758 g/mol. The number of nitrogens with zero attached hydrogens (tertiary/aromatic N) is 1. The van der Waals surface area contributed by atoms with Gasteiger partial charge in [0.25, 0.3) is 7.82 Å². The van der Waals surface area contributed by atoms with Crippen molar-refractivity contribution in [3.8, 4) is 0 Å². The predicted molar refractivity (Wildman–Crippen MR) is 213 cm³/mol. The zero-order valence-corrected chi connectivity index (χ0v) is 35.2. The SMILES string of the molecule is CCCCCCCC/C=C/CCCCCC(=O)O[C@H](COC(=O)CCCCC/C=C/CCCCCCCCCC)COP(=O)([O-])OCC[N+](C)(C)C.